The molecule has 2 aliphatic heterocycles. The molecule has 0 aromatic carbocycles. The van der Waals surface area contributed by atoms with Gasteiger partial charge in [-0.3, -0.25) is 14.6 Å². The van der Waals surface area contributed by atoms with Crippen LogP contribution in [0.3, 0.4) is 0 Å². The van der Waals surface area contributed by atoms with E-state index in [0.29, 0.717) is 31.1 Å². The summed E-state index contributed by atoms with van der Waals surface area (Å²) in [6.07, 6.45) is 3.17. The summed E-state index contributed by atoms with van der Waals surface area (Å²) in [6, 6.07) is 0.0338. The minimum atomic E-state index is -0.562. The Morgan fingerprint density at radius 1 is 1.25 bits per heavy atom. The van der Waals surface area contributed by atoms with E-state index in [-0.39, 0.29) is 24.0 Å². The summed E-state index contributed by atoms with van der Waals surface area (Å²) in [5.74, 6) is -0.218. The second-order valence-corrected chi connectivity index (χ2v) is 6.59. The van der Waals surface area contributed by atoms with Crippen molar-refractivity contribution in [2.45, 2.75) is 50.7 Å². The molecule has 1 spiro atoms. The summed E-state index contributed by atoms with van der Waals surface area (Å²) in [7, 11) is 0. The molecule has 132 valence electrons. The summed E-state index contributed by atoms with van der Waals surface area (Å²) >= 11 is 0. The fourth-order valence-corrected chi connectivity index (χ4v) is 3.52. The molecule has 2 aliphatic rings. The van der Waals surface area contributed by atoms with E-state index in [0.717, 1.165) is 25.7 Å². The second-order valence-electron chi connectivity index (χ2n) is 6.59. The fraction of sp³-hybridized carbons (Fsp3) is 0.688. The van der Waals surface area contributed by atoms with Crippen molar-refractivity contribution >= 4 is 5.91 Å². The number of hydrogen-bond acceptors (Lipinski definition) is 5. The van der Waals surface area contributed by atoms with Gasteiger partial charge in [0.15, 0.2) is 0 Å². The van der Waals surface area contributed by atoms with Crippen LogP contribution in [0.1, 0.15) is 36.9 Å². The third-order valence-corrected chi connectivity index (χ3v) is 4.85. The normalized spacial score (nSPS) is 23.1. The molecule has 3 N–H and O–H groups in total. The van der Waals surface area contributed by atoms with Crippen molar-refractivity contribution in [1.82, 2.24) is 15.3 Å². The Kier molecular flexibility index (Phi) is 4.86. The minimum absolute atomic E-state index is 0.0338. The van der Waals surface area contributed by atoms with Crippen LogP contribution >= 0.6 is 0 Å². The molecule has 0 radical (unpaired) electrons. The van der Waals surface area contributed by atoms with E-state index in [4.69, 9.17) is 9.47 Å². The predicted molar refractivity (Wildman–Crippen MR) is 86.0 cm³/mol. The zero-order valence-corrected chi connectivity index (χ0v) is 13.8. The lowest BCUT2D eigenvalue weighted by Crippen LogP contribution is -2.51. The first-order chi connectivity index (χ1) is 11.5. The van der Waals surface area contributed by atoms with Gasteiger partial charge in [-0.1, -0.05) is 0 Å². The quantitative estimate of drug-likeness (QED) is 0.704. The molecule has 1 aromatic rings. The number of aromatic nitrogens is 2. The zero-order valence-electron chi connectivity index (χ0n) is 13.8. The number of carbonyl (C=O) groups is 1. The highest BCUT2D eigenvalue weighted by Gasteiger charge is 2.39. The van der Waals surface area contributed by atoms with Crippen molar-refractivity contribution < 1.29 is 14.3 Å². The lowest BCUT2D eigenvalue weighted by molar-refractivity contribution is -0.143. The van der Waals surface area contributed by atoms with Gasteiger partial charge in [-0.25, -0.2) is 4.79 Å². The van der Waals surface area contributed by atoms with Gasteiger partial charge in [0.25, 0.3) is 5.56 Å². The van der Waals surface area contributed by atoms with Crippen molar-refractivity contribution in [3.8, 4) is 0 Å². The maximum absolute atomic E-state index is 12.3. The molecule has 1 aromatic heterocycles. The average Bonchev–Trinajstić information content (AvgIpc) is 2.51. The van der Waals surface area contributed by atoms with Gasteiger partial charge in [-0.05, 0) is 32.6 Å². The van der Waals surface area contributed by atoms with Gasteiger partial charge in [-0.15, -0.1) is 0 Å². The highest BCUT2D eigenvalue weighted by Crippen LogP contribution is 2.34. The molecule has 1 unspecified atom stereocenters. The van der Waals surface area contributed by atoms with E-state index in [1.165, 1.54) is 0 Å². The van der Waals surface area contributed by atoms with Gasteiger partial charge < -0.3 is 19.8 Å². The van der Waals surface area contributed by atoms with Crippen LogP contribution < -0.4 is 16.6 Å². The lowest BCUT2D eigenvalue weighted by atomic mass is 9.84. The van der Waals surface area contributed by atoms with Crippen molar-refractivity contribution in [1.29, 1.82) is 0 Å². The Morgan fingerprint density at radius 2 is 2.00 bits per heavy atom. The number of nitrogens with one attached hydrogen (secondary N) is 3. The van der Waals surface area contributed by atoms with Crippen LogP contribution in [-0.4, -0.2) is 47.3 Å². The number of rotatable bonds is 3. The molecule has 0 bridgehead atoms. The van der Waals surface area contributed by atoms with E-state index in [2.05, 4.69) is 15.3 Å². The van der Waals surface area contributed by atoms with Crippen LogP contribution in [0.4, 0.5) is 0 Å². The van der Waals surface area contributed by atoms with Gasteiger partial charge >= 0.3 is 5.69 Å². The van der Waals surface area contributed by atoms with Gasteiger partial charge in [0.1, 0.15) is 0 Å². The molecule has 1 amide bonds. The van der Waals surface area contributed by atoms with E-state index >= 15 is 0 Å². The second kappa shape index (κ2) is 6.90. The van der Waals surface area contributed by atoms with E-state index in [1.807, 2.05) is 0 Å². The van der Waals surface area contributed by atoms with Crippen molar-refractivity contribution in [3.05, 3.63) is 32.1 Å². The highest BCUT2D eigenvalue weighted by atomic mass is 16.5. The molecule has 2 saturated heterocycles. The van der Waals surface area contributed by atoms with Crippen LogP contribution in [0.15, 0.2) is 9.59 Å². The summed E-state index contributed by atoms with van der Waals surface area (Å²) < 4.78 is 11.4. The average molecular weight is 337 g/mol. The van der Waals surface area contributed by atoms with Gasteiger partial charge in [0.2, 0.25) is 5.91 Å². The van der Waals surface area contributed by atoms with Crippen LogP contribution in [0.25, 0.3) is 0 Å². The van der Waals surface area contributed by atoms with Crippen LogP contribution in [0.2, 0.25) is 0 Å². The Hall–Kier alpha value is -1.93. The number of amides is 1. The Labute approximate surface area is 138 Å². The Bertz CT molecular complexity index is 712. The zero-order chi connectivity index (χ0) is 17.2. The molecule has 8 heteroatoms. The largest absolute Gasteiger partial charge is 0.381 e. The van der Waals surface area contributed by atoms with Crippen LogP contribution in [0, 0.1) is 6.92 Å². The monoisotopic (exact) mass is 337 g/mol. The minimum Gasteiger partial charge on any atom is -0.381 e. The molecule has 1 atom stereocenters. The van der Waals surface area contributed by atoms with Crippen LogP contribution in [0.5, 0.6) is 0 Å². The third kappa shape index (κ3) is 3.76. The molecule has 3 rings (SSSR count). The SMILES string of the molecule is Cc1[nH]c(=O)[nH]c(=O)c1CC(=O)NC1CCOC2(CCOCC2)C1. The molecular weight excluding hydrogens is 314 g/mol. The first-order valence-electron chi connectivity index (χ1n) is 8.31. The van der Waals surface area contributed by atoms with E-state index in [1.54, 1.807) is 6.92 Å². The molecule has 8 nitrogen and oxygen atoms in total. The summed E-state index contributed by atoms with van der Waals surface area (Å²) in [5.41, 5.74) is -0.557. The maximum atomic E-state index is 12.3. The number of H-pyrrole nitrogens is 2. The number of aryl methyl sites for hydroxylation is 1. The summed E-state index contributed by atoms with van der Waals surface area (Å²) in [5, 5.41) is 3.00. The Morgan fingerprint density at radius 3 is 2.71 bits per heavy atom. The van der Waals surface area contributed by atoms with Crippen molar-refractivity contribution in [3.63, 3.8) is 0 Å². The topological polar surface area (TPSA) is 113 Å². The van der Waals surface area contributed by atoms with Crippen molar-refractivity contribution in [2.75, 3.05) is 19.8 Å². The first kappa shape index (κ1) is 16.9. The van der Waals surface area contributed by atoms with Crippen LogP contribution in [-0.2, 0) is 20.7 Å². The predicted octanol–water partition coefficient (Wildman–Crippen LogP) is -0.241. The van der Waals surface area contributed by atoms with E-state index < -0.39 is 11.2 Å². The number of carbonyl (C=O) groups excluding carboxylic acids is 1. The lowest BCUT2D eigenvalue weighted by Gasteiger charge is -2.43. The maximum Gasteiger partial charge on any atom is 0.325 e. The smallest absolute Gasteiger partial charge is 0.325 e. The molecule has 0 aliphatic carbocycles. The van der Waals surface area contributed by atoms with Gasteiger partial charge in [-0.2, -0.15) is 0 Å². The fourth-order valence-electron chi connectivity index (χ4n) is 3.52. The summed E-state index contributed by atoms with van der Waals surface area (Å²) in [6.45, 7) is 3.60. The summed E-state index contributed by atoms with van der Waals surface area (Å²) in [4.78, 5) is 40.0. The number of aromatic amines is 2. The number of hydrogen-bond donors (Lipinski definition) is 3. The molecule has 3 heterocycles. The molecule has 24 heavy (non-hydrogen) atoms. The van der Waals surface area contributed by atoms with E-state index in [9.17, 15) is 14.4 Å². The Balaban J connectivity index is 1.63. The molecule has 0 saturated carbocycles. The van der Waals surface area contributed by atoms with Crippen molar-refractivity contribution in [2.24, 2.45) is 0 Å². The highest BCUT2D eigenvalue weighted by molar-refractivity contribution is 5.79. The first-order valence-corrected chi connectivity index (χ1v) is 8.31. The van der Waals surface area contributed by atoms with Gasteiger partial charge in [0.05, 0.1) is 12.0 Å². The van der Waals surface area contributed by atoms with Gasteiger partial charge in [0, 0.05) is 37.1 Å². The molecule has 2 fully saturated rings. The third-order valence-electron chi connectivity index (χ3n) is 4.85. The standard InChI is InChI=1S/C16H23N3O5/c1-10-12(14(21)19-15(22)17-10)8-13(20)18-11-2-5-24-16(9-11)3-6-23-7-4-16/h11H,2-9H2,1H3,(H,18,20)(H2,17,19,21,22). The molecular formula is C16H23N3O5. The number of ether oxygens (including phenoxy) is 2.